The molecule has 2 aromatic rings. The predicted molar refractivity (Wildman–Crippen MR) is 83.1 cm³/mol. The third-order valence-corrected chi connectivity index (χ3v) is 3.85. The largest absolute Gasteiger partial charge is 0.492 e. The summed E-state index contributed by atoms with van der Waals surface area (Å²) in [4.78, 5) is 0. The van der Waals surface area contributed by atoms with E-state index in [4.69, 9.17) is 39.5 Å². The summed E-state index contributed by atoms with van der Waals surface area (Å²) in [5, 5.41) is 11.1. The highest BCUT2D eigenvalue weighted by Crippen LogP contribution is 2.38. The summed E-state index contributed by atoms with van der Waals surface area (Å²) in [7, 11) is 0. The minimum atomic E-state index is -1.11. The number of aliphatic hydroxyl groups is 1. The number of rotatable bonds is 4. The van der Waals surface area contributed by atoms with Gasteiger partial charge in [-0.25, -0.2) is 4.39 Å². The van der Waals surface area contributed by atoms with Gasteiger partial charge in [0.1, 0.15) is 17.7 Å². The van der Waals surface area contributed by atoms with Gasteiger partial charge >= 0.3 is 0 Å². The molecule has 0 saturated carbocycles. The van der Waals surface area contributed by atoms with E-state index in [1.807, 2.05) is 6.92 Å². The fourth-order valence-electron chi connectivity index (χ4n) is 1.91. The molecule has 0 amide bonds. The lowest BCUT2D eigenvalue weighted by molar-refractivity contribution is 0.220. The van der Waals surface area contributed by atoms with E-state index in [-0.39, 0.29) is 10.0 Å². The zero-order chi connectivity index (χ0) is 15.6. The number of benzene rings is 2. The van der Waals surface area contributed by atoms with Crippen LogP contribution >= 0.6 is 34.8 Å². The summed E-state index contributed by atoms with van der Waals surface area (Å²) in [6, 6.07) is 6.80. The van der Waals surface area contributed by atoms with E-state index in [0.717, 1.165) is 6.07 Å². The molecule has 0 heterocycles. The lowest BCUT2D eigenvalue weighted by Crippen LogP contribution is -2.03. The molecule has 1 unspecified atom stereocenters. The molecule has 112 valence electrons. The van der Waals surface area contributed by atoms with Gasteiger partial charge in [0.2, 0.25) is 0 Å². The molecule has 0 aliphatic carbocycles. The molecule has 21 heavy (non-hydrogen) atoms. The zero-order valence-corrected chi connectivity index (χ0v) is 13.3. The molecule has 2 aromatic carbocycles. The van der Waals surface area contributed by atoms with Crippen LogP contribution in [0.25, 0.3) is 0 Å². The number of hydrogen-bond donors (Lipinski definition) is 1. The standard InChI is InChI=1S/C15H12Cl3FO2/c1-2-21-14-7-12(17)10(6-13(14)18)15(20)9-4-3-8(19)5-11(9)16/h3-7,15,20H,2H2,1H3. The van der Waals surface area contributed by atoms with Gasteiger partial charge in [-0.05, 0) is 25.1 Å². The zero-order valence-electron chi connectivity index (χ0n) is 11.0. The van der Waals surface area contributed by atoms with Crippen molar-refractivity contribution < 1.29 is 14.2 Å². The van der Waals surface area contributed by atoms with Crippen LogP contribution in [0.15, 0.2) is 30.3 Å². The first-order chi connectivity index (χ1) is 9.93. The molecule has 0 spiro atoms. The first-order valence-electron chi connectivity index (χ1n) is 6.18. The van der Waals surface area contributed by atoms with Crippen LogP contribution in [0.1, 0.15) is 24.2 Å². The highest BCUT2D eigenvalue weighted by molar-refractivity contribution is 6.35. The number of aliphatic hydroxyl groups excluding tert-OH is 1. The second-order valence-electron chi connectivity index (χ2n) is 4.31. The van der Waals surface area contributed by atoms with Crippen molar-refractivity contribution in [2.45, 2.75) is 13.0 Å². The molecule has 0 aliphatic rings. The number of ether oxygens (including phenoxy) is 1. The maximum Gasteiger partial charge on any atom is 0.139 e. The average molecular weight is 350 g/mol. The van der Waals surface area contributed by atoms with E-state index in [2.05, 4.69) is 0 Å². The van der Waals surface area contributed by atoms with E-state index < -0.39 is 11.9 Å². The second kappa shape index (κ2) is 6.84. The Morgan fingerprint density at radius 2 is 1.71 bits per heavy atom. The predicted octanol–water partition coefficient (Wildman–Crippen LogP) is 5.27. The topological polar surface area (TPSA) is 29.5 Å². The molecule has 2 nitrogen and oxygen atoms in total. The van der Waals surface area contributed by atoms with E-state index in [1.54, 1.807) is 0 Å². The van der Waals surface area contributed by atoms with Crippen molar-refractivity contribution >= 4 is 34.8 Å². The Hall–Kier alpha value is -1.000. The Kier molecular flexibility index (Phi) is 5.33. The van der Waals surface area contributed by atoms with Crippen LogP contribution in [0.3, 0.4) is 0 Å². The van der Waals surface area contributed by atoms with Crippen molar-refractivity contribution in [1.29, 1.82) is 0 Å². The third-order valence-electron chi connectivity index (χ3n) is 2.90. The molecule has 0 fully saturated rings. The Balaban J connectivity index is 2.43. The maximum absolute atomic E-state index is 13.1. The van der Waals surface area contributed by atoms with Crippen LogP contribution in [0.2, 0.25) is 15.1 Å². The summed E-state index contributed by atoms with van der Waals surface area (Å²) in [5.74, 6) is -0.0444. The smallest absolute Gasteiger partial charge is 0.139 e. The molecule has 0 aliphatic heterocycles. The Bertz CT molecular complexity index is 662. The summed E-state index contributed by atoms with van der Waals surface area (Å²) in [6.07, 6.45) is -1.11. The van der Waals surface area contributed by atoms with Crippen molar-refractivity contribution in [3.05, 3.63) is 62.3 Å². The van der Waals surface area contributed by atoms with E-state index >= 15 is 0 Å². The van der Waals surface area contributed by atoms with Gasteiger partial charge in [-0.3, -0.25) is 0 Å². The van der Waals surface area contributed by atoms with Crippen molar-refractivity contribution in [3.63, 3.8) is 0 Å². The van der Waals surface area contributed by atoms with Crippen LogP contribution in [0, 0.1) is 5.82 Å². The first kappa shape index (κ1) is 16.4. The molecular weight excluding hydrogens is 338 g/mol. The van der Waals surface area contributed by atoms with Crippen LogP contribution < -0.4 is 4.74 Å². The second-order valence-corrected chi connectivity index (χ2v) is 5.53. The molecule has 1 atom stereocenters. The minimum Gasteiger partial charge on any atom is -0.492 e. The third kappa shape index (κ3) is 3.61. The fraction of sp³-hybridized carbons (Fsp3) is 0.200. The van der Waals surface area contributed by atoms with Gasteiger partial charge in [0.15, 0.2) is 0 Å². The van der Waals surface area contributed by atoms with Crippen LogP contribution in [0.5, 0.6) is 5.75 Å². The molecule has 0 aromatic heterocycles. The van der Waals surface area contributed by atoms with Crippen LogP contribution in [-0.2, 0) is 0 Å². The molecule has 0 bridgehead atoms. The maximum atomic E-state index is 13.1. The first-order valence-corrected chi connectivity index (χ1v) is 7.32. The van der Waals surface area contributed by atoms with E-state index in [9.17, 15) is 9.50 Å². The number of halogens is 4. The van der Waals surface area contributed by atoms with Crippen molar-refractivity contribution in [2.75, 3.05) is 6.61 Å². The molecule has 6 heteroatoms. The monoisotopic (exact) mass is 348 g/mol. The molecule has 1 N–H and O–H groups in total. The molecule has 0 saturated heterocycles. The van der Waals surface area contributed by atoms with Gasteiger partial charge in [0.05, 0.1) is 16.7 Å². The van der Waals surface area contributed by atoms with E-state index in [1.165, 1.54) is 24.3 Å². The lowest BCUT2D eigenvalue weighted by atomic mass is 10.0. The number of hydrogen-bond acceptors (Lipinski definition) is 2. The quantitative estimate of drug-likeness (QED) is 0.815. The Morgan fingerprint density at radius 3 is 2.33 bits per heavy atom. The summed E-state index contributed by atoms with van der Waals surface area (Å²) in [5.41, 5.74) is 0.721. The molecule has 2 rings (SSSR count). The average Bonchev–Trinajstić information content (AvgIpc) is 2.42. The summed E-state index contributed by atoms with van der Waals surface area (Å²) in [6.45, 7) is 2.27. The van der Waals surface area contributed by atoms with Crippen molar-refractivity contribution in [3.8, 4) is 5.75 Å². The van der Waals surface area contributed by atoms with Gasteiger partial charge in [-0.15, -0.1) is 0 Å². The normalized spacial score (nSPS) is 12.3. The highest BCUT2D eigenvalue weighted by Gasteiger charge is 2.19. The molecular formula is C15H12Cl3FO2. The Labute approximate surface area is 137 Å². The van der Waals surface area contributed by atoms with Gasteiger partial charge in [-0.1, -0.05) is 40.9 Å². The fourth-order valence-corrected chi connectivity index (χ4v) is 2.66. The van der Waals surface area contributed by atoms with Gasteiger partial charge in [-0.2, -0.15) is 0 Å². The SMILES string of the molecule is CCOc1cc(Cl)c(C(O)c2ccc(F)cc2Cl)cc1Cl. The van der Waals surface area contributed by atoms with E-state index in [0.29, 0.717) is 28.5 Å². The Morgan fingerprint density at radius 1 is 1.05 bits per heavy atom. The lowest BCUT2D eigenvalue weighted by Gasteiger charge is -2.16. The summed E-state index contributed by atoms with van der Waals surface area (Å²) >= 11 is 18.2. The van der Waals surface area contributed by atoms with Crippen molar-refractivity contribution in [1.82, 2.24) is 0 Å². The summed E-state index contributed by atoms with van der Waals surface area (Å²) < 4.78 is 18.4. The minimum absolute atomic E-state index is 0.114. The molecule has 0 radical (unpaired) electrons. The van der Waals surface area contributed by atoms with Gasteiger partial charge in [0, 0.05) is 22.2 Å². The van der Waals surface area contributed by atoms with Crippen molar-refractivity contribution in [2.24, 2.45) is 0 Å². The van der Waals surface area contributed by atoms with Gasteiger partial charge < -0.3 is 9.84 Å². The van der Waals surface area contributed by atoms with Gasteiger partial charge in [0.25, 0.3) is 0 Å². The van der Waals surface area contributed by atoms with Crippen LogP contribution in [-0.4, -0.2) is 11.7 Å². The van der Waals surface area contributed by atoms with Crippen LogP contribution in [0.4, 0.5) is 4.39 Å². The highest BCUT2D eigenvalue weighted by atomic mass is 35.5.